The van der Waals surface area contributed by atoms with Crippen LogP contribution in [0.2, 0.25) is 0 Å². The van der Waals surface area contributed by atoms with Crippen LogP contribution in [0.15, 0.2) is 63.1 Å². The van der Waals surface area contributed by atoms with Crippen LogP contribution in [0.4, 0.5) is 0 Å². The van der Waals surface area contributed by atoms with Crippen molar-refractivity contribution in [2.75, 3.05) is 14.1 Å². The summed E-state index contributed by atoms with van der Waals surface area (Å²) in [5.74, 6) is 0. The average Bonchev–Trinajstić information content (AvgIpc) is 2.60. The van der Waals surface area contributed by atoms with E-state index in [0.717, 1.165) is 11.1 Å². The summed E-state index contributed by atoms with van der Waals surface area (Å²) in [5, 5.41) is 15.5. The van der Waals surface area contributed by atoms with Crippen LogP contribution in [-0.2, 0) is 6.54 Å². The highest BCUT2D eigenvalue weighted by Crippen LogP contribution is 2.29. The first kappa shape index (κ1) is 17.6. The van der Waals surface area contributed by atoms with Gasteiger partial charge in [-0.05, 0) is 41.7 Å². The van der Waals surface area contributed by atoms with Gasteiger partial charge in [0.05, 0.1) is 26.7 Å². The molecule has 2 N–H and O–H groups in total. The second-order valence-corrected chi connectivity index (χ2v) is 5.48. The first-order valence-corrected chi connectivity index (χ1v) is 7.89. The summed E-state index contributed by atoms with van der Waals surface area (Å²) in [5.41, 5.74) is 12.1. The number of hydrogen-bond acceptors (Lipinski definition) is 4. The highest BCUT2D eigenvalue weighted by Gasteiger charge is 2.19. The van der Waals surface area contributed by atoms with Crippen molar-refractivity contribution in [3.05, 3.63) is 70.3 Å². The van der Waals surface area contributed by atoms with Crippen LogP contribution in [0.3, 0.4) is 0 Å². The Morgan fingerprint density at radius 3 is 2.33 bits per heavy atom. The minimum Gasteiger partial charge on any atom is -0.287 e. The van der Waals surface area contributed by atoms with Crippen LogP contribution < -0.4 is 10.9 Å². The molecule has 0 aromatic heterocycles. The van der Waals surface area contributed by atoms with Gasteiger partial charge < -0.3 is 0 Å². The maximum absolute atomic E-state index is 4.05. The topological polar surface area (TPSA) is 73.5 Å². The Kier molecular flexibility index (Phi) is 6.42. The third-order valence-electron chi connectivity index (χ3n) is 4.05. The molecule has 0 aliphatic carbocycles. The maximum Gasteiger partial charge on any atom is 0.0962 e. The molecule has 126 valence electrons. The Morgan fingerprint density at radius 2 is 1.58 bits per heavy atom. The molecule has 1 atom stereocenters. The van der Waals surface area contributed by atoms with E-state index in [1.165, 1.54) is 16.7 Å². The normalized spacial score (nSPS) is 12.7. The van der Waals surface area contributed by atoms with Crippen LogP contribution in [-0.4, -0.2) is 14.1 Å². The molecule has 0 radical (unpaired) electrons. The fourth-order valence-electron chi connectivity index (χ4n) is 2.68. The molecule has 0 saturated carbocycles. The molecule has 2 aromatic carbocycles. The van der Waals surface area contributed by atoms with Gasteiger partial charge in [-0.25, -0.2) is 0 Å². The predicted octanol–water partition coefficient (Wildman–Crippen LogP) is 4.07. The number of hydrogen-bond donors (Lipinski definition) is 2. The van der Waals surface area contributed by atoms with Crippen LogP contribution >= 0.6 is 0 Å². The maximum atomic E-state index is 4.05. The summed E-state index contributed by atoms with van der Waals surface area (Å²) in [6, 6.07) is 14.5. The molecule has 2 rings (SSSR count). The molecule has 2 aromatic rings. The largest absolute Gasteiger partial charge is 0.287 e. The number of nitrogens with zero attached hydrogens (tertiary/aromatic N) is 4. The highest BCUT2D eigenvalue weighted by molar-refractivity contribution is 5.43. The van der Waals surface area contributed by atoms with Gasteiger partial charge in [0.15, 0.2) is 0 Å². The van der Waals surface area contributed by atoms with Crippen molar-refractivity contribution in [1.29, 1.82) is 0 Å². The predicted molar refractivity (Wildman–Crippen MR) is 95.7 cm³/mol. The fraction of sp³-hybridized carbons (Fsp3) is 0.333. The molecule has 0 aliphatic heterocycles. The van der Waals surface area contributed by atoms with Crippen molar-refractivity contribution in [1.82, 2.24) is 10.9 Å². The molecular formula is C18H24N6. The minimum atomic E-state index is -0.0786. The Balaban J connectivity index is 2.47. The lowest BCUT2D eigenvalue weighted by atomic mass is 9.90. The van der Waals surface area contributed by atoms with Crippen molar-refractivity contribution in [3.63, 3.8) is 0 Å². The molecule has 6 nitrogen and oxygen atoms in total. The summed E-state index contributed by atoms with van der Waals surface area (Å²) in [6.45, 7) is 4.85. The molecule has 0 bridgehead atoms. The average molecular weight is 324 g/mol. The Bertz CT molecular complexity index is 723. The van der Waals surface area contributed by atoms with Gasteiger partial charge in [0, 0.05) is 0 Å². The lowest BCUT2D eigenvalue weighted by molar-refractivity contribution is 0.589. The molecular weight excluding hydrogens is 300 g/mol. The summed E-state index contributed by atoms with van der Waals surface area (Å²) in [7, 11) is 3.29. The lowest BCUT2D eigenvalue weighted by Crippen LogP contribution is -2.21. The van der Waals surface area contributed by atoms with E-state index in [-0.39, 0.29) is 6.04 Å². The zero-order valence-corrected chi connectivity index (χ0v) is 14.6. The van der Waals surface area contributed by atoms with Crippen molar-refractivity contribution in [3.8, 4) is 0 Å². The first-order chi connectivity index (χ1) is 11.7. The third kappa shape index (κ3) is 4.16. The summed E-state index contributed by atoms with van der Waals surface area (Å²) < 4.78 is 0. The summed E-state index contributed by atoms with van der Waals surface area (Å²) >= 11 is 0. The quantitative estimate of drug-likeness (QED) is 0.595. The molecule has 0 amide bonds. The number of benzene rings is 2. The molecule has 0 heterocycles. The standard InChI is InChI=1S/C18H24N6/c1-13-8-7-11-16(14(13)2)18(22-24-20-4)17-10-6-5-9-15(17)12-21-23-19-3/h5-11,18H,12H2,1-4H3,(H,19,21)(H,20,22). The zero-order valence-electron chi connectivity index (χ0n) is 14.6. The van der Waals surface area contributed by atoms with Gasteiger partial charge in [0.1, 0.15) is 0 Å². The van der Waals surface area contributed by atoms with Gasteiger partial charge in [-0.1, -0.05) is 52.9 Å². The molecule has 1 unspecified atom stereocenters. The van der Waals surface area contributed by atoms with E-state index in [2.05, 4.69) is 75.7 Å². The SMILES string of the molecule is CN=NNCc1ccccc1C(NN=NC)c1cccc(C)c1C. The van der Waals surface area contributed by atoms with Gasteiger partial charge in [-0.3, -0.25) is 10.9 Å². The van der Waals surface area contributed by atoms with E-state index in [1.54, 1.807) is 14.1 Å². The number of rotatable bonds is 7. The third-order valence-corrected chi connectivity index (χ3v) is 4.05. The Hall–Kier alpha value is -2.76. The molecule has 6 heteroatoms. The monoisotopic (exact) mass is 324 g/mol. The van der Waals surface area contributed by atoms with E-state index in [1.807, 2.05) is 12.1 Å². The van der Waals surface area contributed by atoms with Crippen LogP contribution in [0.1, 0.15) is 33.9 Å². The van der Waals surface area contributed by atoms with E-state index < -0.39 is 0 Å². The van der Waals surface area contributed by atoms with Crippen LogP contribution in [0.5, 0.6) is 0 Å². The van der Waals surface area contributed by atoms with Gasteiger partial charge in [-0.2, -0.15) is 10.2 Å². The summed E-state index contributed by atoms with van der Waals surface area (Å²) in [4.78, 5) is 0. The van der Waals surface area contributed by atoms with Gasteiger partial charge in [-0.15, -0.1) is 0 Å². The van der Waals surface area contributed by atoms with Crippen molar-refractivity contribution in [2.45, 2.75) is 26.4 Å². The second kappa shape index (κ2) is 8.76. The fourth-order valence-corrected chi connectivity index (χ4v) is 2.68. The number of nitrogens with one attached hydrogen (secondary N) is 2. The van der Waals surface area contributed by atoms with E-state index in [4.69, 9.17) is 0 Å². The Labute approximate surface area is 143 Å². The second-order valence-electron chi connectivity index (χ2n) is 5.48. The lowest BCUT2D eigenvalue weighted by Gasteiger charge is -2.22. The smallest absolute Gasteiger partial charge is 0.0962 e. The van der Waals surface area contributed by atoms with Crippen molar-refractivity contribution < 1.29 is 0 Å². The first-order valence-electron chi connectivity index (χ1n) is 7.89. The molecule has 0 fully saturated rings. The molecule has 24 heavy (non-hydrogen) atoms. The van der Waals surface area contributed by atoms with Crippen LogP contribution in [0.25, 0.3) is 0 Å². The van der Waals surface area contributed by atoms with E-state index in [9.17, 15) is 0 Å². The van der Waals surface area contributed by atoms with Gasteiger partial charge in [0.2, 0.25) is 0 Å². The van der Waals surface area contributed by atoms with Crippen molar-refractivity contribution >= 4 is 0 Å². The van der Waals surface area contributed by atoms with Gasteiger partial charge in [0.25, 0.3) is 0 Å². The van der Waals surface area contributed by atoms with E-state index in [0.29, 0.717) is 6.54 Å². The zero-order chi connectivity index (χ0) is 17.4. The van der Waals surface area contributed by atoms with Crippen molar-refractivity contribution in [2.24, 2.45) is 20.7 Å². The Morgan fingerprint density at radius 1 is 0.875 bits per heavy atom. The highest BCUT2D eigenvalue weighted by atomic mass is 15.4. The summed E-state index contributed by atoms with van der Waals surface area (Å²) in [6.07, 6.45) is 0. The molecule has 0 saturated heterocycles. The molecule has 0 spiro atoms. The van der Waals surface area contributed by atoms with Gasteiger partial charge >= 0.3 is 0 Å². The van der Waals surface area contributed by atoms with Crippen LogP contribution in [0, 0.1) is 13.8 Å². The molecule has 0 aliphatic rings. The van der Waals surface area contributed by atoms with E-state index >= 15 is 0 Å². The minimum absolute atomic E-state index is 0.0786. The number of aryl methyl sites for hydroxylation is 1.